The molecule has 2 heterocycles. The van der Waals surface area contributed by atoms with Crippen LogP contribution in [0.25, 0.3) is 5.69 Å². The Morgan fingerprint density at radius 2 is 1.96 bits per heavy atom. The molecule has 0 fully saturated rings. The van der Waals surface area contributed by atoms with Crippen molar-refractivity contribution in [2.45, 2.75) is 12.2 Å². The lowest BCUT2D eigenvalue weighted by Crippen LogP contribution is -2.15. The van der Waals surface area contributed by atoms with Crippen LogP contribution in [-0.2, 0) is 4.79 Å². The van der Waals surface area contributed by atoms with Gasteiger partial charge in [0.1, 0.15) is 17.4 Å². The van der Waals surface area contributed by atoms with Gasteiger partial charge in [-0.25, -0.2) is 9.07 Å². The zero-order chi connectivity index (χ0) is 19.0. The Labute approximate surface area is 160 Å². The summed E-state index contributed by atoms with van der Waals surface area (Å²) in [5.41, 5.74) is 2.92. The van der Waals surface area contributed by atoms with E-state index in [1.807, 2.05) is 37.3 Å². The van der Waals surface area contributed by atoms with Crippen LogP contribution in [0.4, 0.5) is 10.2 Å². The summed E-state index contributed by atoms with van der Waals surface area (Å²) in [5, 5.41) is 7.26. The standard InChI is InChI=1S/C20H18FN3O2S/c1-12-18-19(15-5-3-4-6-16(15)21)27-11-17(25)22-20(18)24(23-12)13-7-9-14(26-2)10-8-13/h3-10,19H,11H2,1-2H3,(H,22,25). The minimum Gasteiger partial charge on any atom is -0.497 e. The van der Waals surface area contributed by atoms with Gasteiger partial charge in [0.25, 0.3) is 0 Å². The second-order valence-corrected chi connectivity index (χ2v) is 7.31. The van der Waals surface area contributed by atoms with Gasteiger partial charge in [0, 0.05) is 11.1 Å². The Bertz CT molecular complexity index is 1000. The molecule has 0 bridgehead atoms. The highest BCUT2D eigenvalue weighted by Gasteiger charge is 2.31. The summed E-state index contributed by atoms with van der Waals surface area (Å²) in [6.07, 6.45) is 0. The number of ether oxygens (including phenoxy) is 1. The Hall–Kier alpha value is -2.80. The molecule has 1 unspecified atom stereocenters. The number of fused-ring (bicyclic) bond motifs is 1. The highest BCUT2D eigenvalue weighted by Crippen LogP contribution is 2.44. The summed E-state index contributed by atoms with van der Waals surface area (Å²) >= 11 is 1.41. The van der Waals surface area contributed by atoms with Crippen LogP contribution in [0.15, 0.2) is 48.5 Å². The van der Waals surface area contributed by atoms with E-state index in [1.165, 1.54) is 17.8 Å². The molecule has 1 atom stereocenters. The highest BCUT2D eigenvalue weighted by atomic mass is 32.2. The van der Waals surface area contributed by atoms with Crippen molar-refractivity contribution >= 4 is 23.5 Å². The smallest absolute Gasteiger partial charge is 0.235 e. The maximum Gasteiger partial charge on any atom is 0.235 e. The van der Waals surface area contributed by atoms with Gasteiger partial charge in [-0.1, -0.05) is 18.2 Å². The number of benzene rings is 2. The van der Waals surface area contributed by atoms with Gasteiger partial charge < -0.3 is 10.1 Å². The van der Waals surface area contributed by atoms with E-state index in [4.69, 9.17) is 4.74 Å². The molecule has 5 nitrogen and oxygen atoms in total. The predicted octanol–water partition coefficient (Wildman–Crippen LogP) is 4.10. The van der Waals surface area contributed by atoms with Crippen molar-refractivity contribution in [2.24, 2.45) is 0 Å². The van der Waals surface area contributed by atoms with E-state index < -0.39 is 0 Å². The Morgan fingerprint density at radius 3 is 2.67 bits per heavy atom. The number of anilines is 1. The minimum absolute atomic E-state index is 0.130. The number of methoxy groups -OCH3 is 1. The Morgan fingerprint density at radius 1 is 1.22 bits per heavy atom. The number of hydrogen-bond acceptors (Lipinski definition) is 4. The average Bonchev–Trinajstić information content (AvgIpc) is 2.88. The SMILES string of the molecule is COc1ccc(-n2nc(C)c3c2NC(=O)CSC3c2ccccc2F)cc1. The Kier molecular flexibility index (Phi) is 4.61. The van der Waals surface area contributed by atoms with Crippen molar-refractivity contribution in [2.75, 3.05) is 18.2 Å². The number of aromatic nitrogens is 2. The molecular weight excluding hydrogens is 365 g/mol. The lowest BCUT2D eigenvalue weighted by Gasteiger charge is -2.16. The van der Waals surface area contributed by atoms with Crippen molar-refractivity contribution < 1.29 is 13.9 Å². The topological polar surface area (TPSA) is 56.1 Å². The van der Waals surface area contributed by atoms with Crippen molar-refractivity contribution in [1.29, 1.82) is 0 Å². The molecular formula is C20H18FN3O2S. The van der Waals surface area contributed by atoms with Crippen molar-refractivity contribution in [1.82, 2.24) is 9.78 Å². The Balaban J connectivity index is 1.87. The lowest BCUT2D eigenvalue weighted by molar-refractivity contribution is -0.113. The minimum atomic E-state index is -0.313. The number of nitrogens with zero attached hydrogens (tertiary/aromatic N) is 2. The van der Waals surface area contributed by atoms with Crippen LogP contribution in [0.3, 0.4) is 0 Å². The second-order valence-electron chi connectivity index (χ2n) is 6.22. The zero-order valence-electron chi connectivity index (χ0n) is 14.9. The number of amides is 1. The van der Waals surface area contributed by atoms with Gasteiger partial charge in [-0.2, -0.15) is 5.10 Å². The van der Waals surface area contributed by atoms with Crippen LogP contribution < -0.4 is 10.1 Å². The fourth-order valence-corrected chi connectivity index (χ4v) is 4.44. The van der Waals surface area contributed by atoms with Crippen molar-refractivity contribution in [3.8, 4) is 11.4 Å². The normalized spacial score (nSPS) is 16.4. The lowest BCUT2D eigenvalue weighted by atomic mass is 10.0. The molecule has 1 aliphatic heterocycles. The van der Waals surface area contributed by atoms with Gasteiger partial charge in [0.2, 0.25) is 5.91 Å². The first-order valence-corrected chi connectivity index (χ1v) is 9.53. The van der Waals surface area contributed by atoms with Crippen molar-refractivity contribution in [3.63, 3.8) is 0 Å². The molecule has 2 aromatic carbocycles. The molecule has 3 aromatic rings. The van der Waals surface area contributed by atoms with Gasteiger partial charge >= 0.3 is 0 Å². The van der Waals surface area contributed by atoms with E-state index in [1.54, 1.807) is 23.9 Å². The quantitative estimate of drug-likeness (QED) is 0.740. The summed E-state index contributed by atoms with van der Waals surface area (Å²) in [6, 6.07) is 14.1. The van der Waals surface area contributed by atoms with Crippen LogP contribution in [-0.4, -0.2) is 28.6 Å². The van der Waals surface area contributed by atoms with E-state index in [0.717, 1.165) is 22.7 Å². The van der Waals surface area contributed by atoms with E-state index in [2.05, 4.69) is 10.4 Å². The third-order valence-electron chi connectivity index (χ3n) is 4.51. The number of carbonyl (C=O) groups excluding carboxylic acids is 1. The molecule has 0 spiro atoms. The molecule has 4 rings (SSSR count). The summed E-state index contributed by atoms with van der Waals surface area (Å²) in [5.74, 6) is 1.15. The first-order valence-electron chi connectivity index (χ1n) is 8.48. The monoisotopic (exact) mass is 383 g/mol. The maximum atomic E-state index is 14.5. The maximum absolute atomic E-state index is 14.5. The number of aryl methyl sites for hydroxylation is 1. The number of carbonyl (C=O) groups is 1. The van der Waals surface area contributed by atoms with E-state index in [0.29, 0.717) is 11.4 Å². The number of rotatable bonds is 3. The van der Waals surface area contributed by atoms with Crippen LogP contribution in [0.2, 0.25) is 0 Å². The first kappa shape index (κ1) is 17.6. The van der Waals surface area contributed by atoms with Gasteiger partial charge in [-0.05, 0) is 37.3 Å². The summed E-state index contributed by atoms with van der Waals surface area (Å²) < 4.78 is 21.4. The number of nitrogens with one attached hydrogen (secondary N) is 1. The molecule has 1 aromatic heterocycles. The number of hydrogen-bond donors (Lipinski definition) is 1. The molecule has 0 saturated heterocycles. The summed E-state index contributed by atoms with van der Waals surface area (Å²) in [7, 11) is 1.61. The largest absolute Gasteiger partial charge is 0.497 e. The van der Waals surface area contributed by atoms with Gasteiger partial charge in [0.05, 0.1) is 29.5 Å². The second kappa shape index (κ2) is 7.08. The summed E-state index contributed by atoms with van der Waals surface area (Å²) in [4.78, 5) is 12.3. The highest BCUT2D eigenvalue weighted by molar-refractivity contribution is 8.00. The molecule has 7 heteroatoms. The van der Waals surface area contributed by atoms with Gasteiger partial charge in [-0.15, -0.1) is 11.8 Å². The number of thioether (sulfide) groups is 1. The molecule has 0 radical (unpaired) electrons. The molecule has 138 valence electrons. The molecule has 0 saturated carbocycles. The average molecular weight is 383 g/mol. The number of halogens is 1. The fraction of sp³-hybridized carbons (Fsp3) is 0.200. The third kappa shape index (κ3) is 3.19. The third-order valence-corrected chi connectivity index (χ3v) is 5.76. The summed E-state index contributed by atoms with van der Waals surface area (Å²) in [6.45, 7) is 1.88. The van der Waals surface area contributed by atoms with Gasteiger partial charge in [0.15, 0.2) is 0 Å². The zero-order valence-corrected chi connectivity index (χ0v) is 15.7. The van der Waals surface area contributed by atoms with Crippen LogP contribution in [0.1, 0.15) is 22.1 Å². The van der Waals surface area contributed by atoms with Crippen molar-refractivity contribution in [3.05, 3.63) is 71.2 Å². The van der Waals surface area contributed by atoms with Gasteiger partial charge in [-0.3, -0.25) is 4.79 Å². The fourth-order valence-electron chi connectivity index (χ4n) is 3.23. The van der Waals surface area contributed by atoms with Crippen LogP contribution in [0.5, 0.6) is 5.75 Å². The van der Waals surface area contributed by atoms with E-state index in [9.17, 15) is 9.18 Å². The molecule has 1 N–H and O–H groups in total. The van der Waals surface area contributed by atoms with Crippen LogP contribution >= 0.6 is 11.8 Å². The molecule has 0 aliphatic carbocycles. The van der Waals surface area contributed by atoms with Crippen LogP contribution in [0, 0.1) is 12.7 Å². The van der Waals surface area contributed by atoms with E-state index in [-0.39, 0.29) is 22.7 Å². The van der Waals surface area contributed by atoms with E-state index >= 15 is 0 Å². The molecule has 27 heavy (non-hydrogen) atoms. The molecule has 1 amide bonds. The first-order chi connectivity index (χ1) is 13.1. The predicted molar refractivity (Wildman–Crippen MR) is 104 cm³/mol. The molecule has 1 aliphatic rings.